The number of carbonyl (C=O) groups excluding carboxylic acids is 2. The van der Waals surface area contributed by atoms with Gasteiger partial charge in [0, 0.05) is 6.42 Å². The third kappa shape index (κ3) is 5.71. The minimum absolute atomic E-state index is 0.0231. The molecule has 0 radical (unpaired) electrons. The molecule has 0 amide bonds. The normalized spacial score (nSPS) is 13.0. The summed E-state index contributed by atoms with van der Waals surface area (Å²) < 4.78 is 9.53. The molecule has 0 aromatic rings. The van der Waals surface area contributed by atoms with E-state index in [9.17, 15) is 9.59 Å². The molecule has 0 saturated carbocycles. The van der Waals surface area contributed by atoms with Crippen LogP contribution in [-0.4, -0.2) is 25.2 Å². The second-order valence-electron chi connectivity index (χ2n) is 3.51. The average Bonchev–Trinajstić information content (AvgIpc) is 2.27. The van der Waals surface area contributed by atoms with E-state index in [0.717, 1.165) is 0 Å². The molecule has 0 saturated heterocycles. The van der Waals surface area contributed by atoms with E-state index in [4.69, 9.17) is 14.7 Å². The van der Waals surface area contributed by atoms with Crippen molar-refractivity contribution in [2.24, 2.45) is 11.8 Å². The molecule has 0 aliphatic carbocycles. The lowest BCUT2D eigenvalue weighted by molar-refractivity contribution is -0.148. The van der Waals surface area contributed by atoms with Gasteiger partial charge in [-0.1, -0.05) is 19.6 Å². The molecular formula is C12H17NO4. The highest BCUT2D eigenvalue weighted by atomic mass is 16.5. The fourth-order valence-electron chi connectivity index (χ4n) is 1.24. The Morgan fingerprint density at radius 2 is 2.12 bits per heavy atom. The van der Waals surface area contributed by atoms with Crippen LogP contribution in [0, 0.1) is 23.2 Å². The van der Waals surface area contributed by atoms with E-state index in [2.05, 4.69) is 6.58 Å². The maximum atomic E-state index is 11.5. The number of rotatable bonds is 7. The molecule has 0 bridgehead atoms. The van der Waals surface area contributed by atoms with E-state index >= 15 is 0 Å². The number of hydrogen-bond acceptors (Lipinski definition) is 5. The van der Waals surface area contributed by atoms with Gasteiger partial charge in [-0.15, -0.1) is 0 Å². The van der Waals surface area contributed by atoms with Crippen LogP contribution in [0.25, 0.3) is 0 Å². The zero-order valence-corrected chi connectivity index (χ0v) is 10.1. The number of nitrogens with zero attached hydrogens (tertiary/aromatic N) is 1. The Balaban J connectivity index is 4.35. The lowest BCUT2D eigenvalue weighted by Crippen LogP contribution is -2.25. The lowest BCUT2D eigenvalue weighted by atomic mass is 9.92. The molecular weight excluding hydrogens is 222 g/mol. The topological polar surface area (TPSA) is 76.4 Å². The Hall–Kier alpha value is -1.83. The van der Waals surface area contributed by atoms with Crippen LogP contribution in [0.15, 0.2) is 12.7 Å². The molecule has 0 aromatic carbocycles. The van der Waals surface area contributed by atoms with Crippen molar-refractivity contribution in [3.05, 3.63) is 12.7 Å². The summed E-state index contributed by atoms with van der Waals surface area (Å²) >= 11 is 0. The Morgan fingerprint density at radius 1 is 1.47 bits per heavy atom. The van der Waals surface area contributed by atoms with E-state index in [1.165, 1.54) is 6.08 Å². The van der Waals surface area contributed by atoms with Crippen LogP contribution in [0.2, 0.25) is 0 Å². The summed E-state index contributed by atoms with van der Waals surface area (Å²) in [5.74, 6) is -2.45. The Morgan fingerprint density at radius 3 is 2.59 bits per heavy atom. The number of carbonyl (C=O) groups is 2. The van der Waals surface area contributed by atoms with Crippen molar-refractivity contribution in [2.75, 3.05) is 13.2 Å². The molecule has 0 aliphatic heterocycles. The van der Waals surface area contributed by atoms with Gasteiger partial charge in [-0.05, 0) is 12.8 Å². The van der Waals surface area contributed by atoms with Gasteiger partial charge in [0.15, 0.2) is 0 Å². The van der Waals surface area contributed by atoms with Gasteiger partial charge in [-0.3, -0.25) is 9.59 Å². The summed E-state index contributed by atoms with van der Waals surface area (Å²) in [4.78, 5) is 22.7. The maximum absolute atomic E-state index is 11.5. The summed E-state index contributed by atoms with van der Waals surface area (Å²) in [6.45, 7) is 7.08. The standard InChI is InChI=1S/C12H17NO4/c1-4-6-17-12(15)10(8-13)9(3)7-11(14)16-5-2/h4,9-10H,1,5-7H2,2-3H3/t9-,10-/m0/s1. The van der Waals surface area contributed by atoms with E-state index in [0.29, 0.717) is 0 Å². The summed E-state index contributed by atoms with van der Waals surface area (Å²) in [6, 6.07) is 1.84. The van der Waals surface area contributed by atoms with Gasteiger partial charge < -0.3 is 9.47 Å². The maximum Gasteiger partial charge on any atom is 0.323 e. The summed E-state index contributed by atoms with van der Waals surface area (Å²) in [5, 5.41) is 8.88. The summed E-state index contributed by atoms with van der Waals surface area (Å²) in [7, 11) is 0. The van der Waals surface area contributed by atoms with E-state index in [1.807, 2.05) is 6.07 Å². The first-order valence-electron chi connectivity index (χ1n) is 5.39. The molecule has 0 N–H and O–H groups in total. The molecule has 2 atom stereocenters. The molecule has 0 rings (SSSR count). The highest BCUT2D eigenvalue weighted by Crippen LogP contribution is 2.17. The zero-order valence-electron chi connectivity index (χ0n) is 10.1. The van der Waals surface area contributed by atoms with Crippen molar-refractivity contribution in [1.29, 1.82) is 5.26 Å². The van der Waals surface area contributed by atoms with Gasteiger partial charge in [0.05, 0.1) is 12.7 Å². The first-order chi connectivity index (χ1) is 8.06. The quantitative estimate of drug-likeness (QED) is 0.496. The molecule has 0 aliphatic rings. The number of ether oxygens (including phenoxy) is 2. The van der Waals surface area contributed by atoms with Crippen molar-refractivity contribution in [2.45, 2.75) is 20.3 Å². The first kappa shape index (κ1) is 15.2. The van der Waals surface area contributed by atoms with Gasteiger partial charge >= 0.3 is 11.9 Å². The van der Waals surface area contributed by atoms with Gasteiger partial charge in [0.1, 0.15) is 12.5 Å². The van der Waals surface area contributed by atoms with Gasteiger partial charge in [0.2, 0.25) is 0 Å². The van der Waals surface area contributed by atoms with Crippen LogP contribution < -0.4 is 0 Å². The fraction of sp³-hybridized carbons (Fsp3) is 0.583. The van der Waals surface area contributed by atoms with E-state index in [-0.39, 0.29) is 19.6 Å². The molecule has 0 unspecified atom stereocenters. The molecule has 17 heavy (non-hydrogen) atoms. The lowest BCUT2D eigenvalue weighted by Gasteiger charge is -2.15. The molecule has 0 aromatic heterocycles. The van der Waals surface area contributed by atoms with Crippen LogP contribution in [0.3, 0.4) is 0 Å². The predicted octanol–water partition coefficient (Wildman–Crippen LogP) is 1.44. The second kappa shape index (κ2) is 8.34. The summed E-state index contributed by atoms with van der Waals surface area (Å²) in [6.07, 6.45) is 1.44. The zero-order chi connectivity index (χ0) is 13.3. The highest BCUT2D eigenvalue weighted by molar-refractivity contribution is 5.77. The SMILES string of the molecule is C=CCOC(=O)[C@@H](C#N)[C@@H](C)CC(=O)OCC. The first-order valence-corrected chi connectivity index (χ1v) is 5.39. The van der Waals surface area contributed by atoms with Crippen molar-refractivity contribution < 1.29 is 19.1 Å². The molecule has 5 heteroatoms. The van der Waals surface area contributed by atoms with Crippen molar-refractivity contribution in [1.82, 2.24) is 0 Å². The van der Waals surface area contributed by atoms with E-state index in [1.54, 1.807) is 13.8 Å². The fourth-order valence-corrected chi connectivity index (χ4v) is 1.24. The third-order valence-corrected chi connectivity index (χ3v) is 2.10. The van der Waals surface area contributed by atoms with E-state index < -0.39 is 23.8 Å². The predicted molar refractivity (Wildman–Crippen MR) is 60.7 cm³/mol. The largest absolute Gasteiger partial charge is 0.466 e. The average molecular weight is 239 g/mol. The third-order valence-electron chi connectivity index (χ3n) is 2.10. The van der Waals surface area contributed by atoms with Crippen molar-refractivity contribution in [3.63, 3.8) is 0 Å². The molecule has 0 fully saturated rings. The highest BCUT2D eigenvalue weighted by Gasteiger charge is 2.28. The van der Waals surface area contributed by atoms with Crippen LogP contribution in [0.5, 0.6) is 0 Å². The van der Waals surface area contributed by atoms with Gasteiger partial charge in [0.25, 0.3) is 0 Å². The molecule has 0 heterocycles. The smallest absolute Gasteiger partial charge is 0.323 e. The number of hydrogen-bond donors (Lipinski definition) is 0. The monoisotopic (exact) mass is 239 g/mol. The van der Waals surface area contributed by atoms with Crippen LogP contribution in [-0.2, 0) is 19.1 Å². The van der Waals surface area contributed by atoms with Crippen molar-refractivity contribution in [3.8, 4) is 6.07 Å². The van der Waals surface area contributed by atoms with Gasteiger partial charge in [-0.2, -0.15) is 5.26 Å². The molecule has 0 spiro atoms. The van der Waals surface area contributed by atoms with Gasteiger partial charge in [-0.25, -0.2) is 0 Å². The summed E-state index contributed by atoms with van der Waals surface area (Å²) in [5.41, 5.74) is 0. The molecule has 5 nitrogen and oxygen atoms in total. The second-order valence-corrected chi connectivity index (χ2v) is 3.51. The Labute approximate surface area is 101 Å². The van der Waals surface area contributed by atoms with Crippen LogP contribution in [0.1, 0.15) is 20.3 Å². The number of esters is 2. The van der Waals surface area contributed by atoms with Crippen LogP contribution in [0.4, 0.5) is 0 Å². The Kier molecular flexibility index (Phi) is 7.44. The van der Waals surface area contributed by atoms with Crippen molar-refractivity contribution >= 4 is 11.9 Å². The minimum Gasteiger partial charge on any atom is -0.466 e. The van der Waals surface area contributed by atoms with Crippen LogP contribution >= 0.6 is 0 Å². The molecule has 94 valence electrons. The Bertz CT molecular complexity index is 319. The minimum atomic E-state index is -0.959. The number of nitriles is 1.